The van der Waals surface area contributed by atoms with E-state index in [1.54, 1.807) is 0 Å². The smallest absolute Gasteiger partial charge is 0.227 e. The van der Waals surface area contributed by atoms with E-state index in [-0.39, 0.29) is 5.41 Å². The van der Waals surface area contributed by atoms with E-state index in [9.17, 15) is 0 Å². The van der Waals surface area contributed by atoms with Crippen LogP contribution in [0.4, 0.5) is 0 Å². The summed E-state index contributed by atoms with van der Waals surface area (Å²) in [6, 6.07) is 8.46. The summed E-state index contributed by atoms with van der Waals surface area (Å²) in [4.78, 5) is 0. The summed E-state index contributed by atoms with van der Waals surface area (Å²) in [7, 11) is 0. The Morgan fingerprint density at radius 2 is 1.82 bits per heavy atom. The van der Waals surface area contributed by atoms with Gasteiger partial charge in [0.25, 0.3) is 0 Å². The molecule has 1 aromatic carbocycles. The third-order valence-electron chi connectivity index (χ3n) is 5.02. The molecule has 1 saturated carbocycles. The first-order valence-corrected chi connectivity index (χ1v) is 8.66. The Balaban J connectivity index is 1.74. The van der Waals surface area contributed by atoms with Gasteiger partial charge in [-0.3, -0.25) is 0 Å². The van der Waals surface area contributed by atoms with E-state index in [1.165, 1.54) is 5.56 Å². The average molecular weight is 363 g/mol. The van der Waals surface area contributed by atoms with Crippen molar-refractivity contribution in [2.24, 2.45) is 5.92 Å². The molecular formula is C17H19BrN2O2. The monoisotopic (exact) mass is 362 g/mol. The van der Waals surface area contributed by atoms with Gasteiger partial charge in [-0.2, -0.15) is 0 Å². The Morgan fingerprint density at radius 1 is 1.14 bits per heavy atom. The van der Waals surface area contributed by atoms with Gasteiger partial charge in [0, 0.05) is 23.6 Å². The summed E-state index contributed by atoms with van der Waals surface area (Å²) in [5.74, 6) is 2.70. The van der Waals surface area contributed by atoms with E-state index >= 15 is 0 Å². The topological polar surface area (TPSA) is 48.2 Å². The van der Waals surface area contributed by atoms with E-state index in [0.29, 0.717) is 11.8 Å². The van der Waals surface area contributed by atoms with Gasteiger partial charge >= 0.3 is 0 Å². The van der Waals surface area contributed by atoms with Gasteiger partial charge in [0.15, 0.2) is 0 Å². The van der Waals surface area contributed by atoms with Gasteiger partial charge in [-0.25, -0.2) is 0 Å². The normalized spacial score (nSPS) is 26.8. The molecular weight excluding hydrogens is 344 g/mol. The van der Waals surface area contributed by atoms with Gasteiger partial charge in [-0.1, -0.05) is 35.0 Å². The Morgan fingerprint density at radius 3 is 2.45 bits per heavy atom. The lowest BCUT2D eigenvalue weighted by atomic mass is 9.74. The molecule has 5 heteroatoms. The fraction of sp³-hybridized carbons (Fsp3) is 0.529. The van der Waals surface area contributed by atoms with Gasteiger partial charge in [-0.15, -0.1) is 10.2 Å². The third-order valence-corrected chi connectivity index (χ3v) is 5.55. The Kier molecular flexibility index (Phi) is 3.57. The molecule has 4 rings (SSSR count). The predicted molar refractivity (Wildman–Crippen MR) is 85.8 cm³/mol. The Bertz CT molecular complexity index is 662. The number of hydrogen-bond donors (Lipinski definition) is 0. The summed E-state index contributed by atoms with van der Waals surface area (Å²) in [5, 5.41) is 8.75. The van der Waals surface area contributed by atoms with Crippen molar-refractivity contribution in [3.63, 3.8) is 0 Å². The van der Waals surface area contributed by atoms with Crippen LogP contribution in [0.3, 0.4) is 0 Å². The minimum Gasteiger partial charge on any atom is -0.424 e. The largest absolute Gasteiger partial charge is 0.424 e. The van der Waals surface area contributed by atoms with Crippen LogP contribution in [0.25, 0.3) is 0 Å². The number of benzene rings is 1. The van der Waals surface area contributed by atoms with Gasteiger partial charge in [-0.05, 0) is 42.9 Å². The molecule has 0 bridgehead atoms. The zero-order valence-corrected chi connectivity index (χ0v) is 14.2. The number of hydrogen-bond acceptors (Lipinski definition) is 4. The van der Waals surface area contributed by atoms with E-state index in [0.717, 1.165) is 48.7 Å². The van der Waals surface area contributed by atoms with Crippen LogP contribution in [0, 0.1) is 5.92 Å². The number of aromatic nitrogens is 2. The highest BCUT2D eigenvalue weighted by Gasteiger charge is 2.44. The fourth-order valence-electron chi connectivity index (χ4n) is 3.36. The van der Waals surface area contributed by atoms with Crippen LogP contribution in [0.2, 0.25) is 0 Å². The highest BCUT2D eigenvalue weighted by atomic mass is 79.9. The Labute approximate surface area is 138 Å². The minimum atomic E-state index is -0.206. The summed E-state index contributed by atoms with van der Waals surface area (Å²) in [6.45, 7) is 3.69. The van der Waals surface area contributed by atoms with Gasteiger partial charge in [0.05, 0.1) is 5.41 Å². The first-order chi connectivity index (χ1) is 10.7. The first-order valence-electron chi connectivity index (χ1n) is 7.87. The van der Waals surface area contributed by atoms with E-state index in [2.05, 4.69) is 57.3 Å². The van der Waals surface area contributed by atoms with Crippen molar-refractivity contribution in [3.8, 4) is 0 Å². The first kappa shape index (κ1) is 14.4. The molecule has 1 saturated heterocycles. The van der Waals surface area contributed by atoms with Crippen LogP contribution in [0.1, 0.15) is 49.4 Å². The molecule has 22 heavy (non-hydrogen) atoms. The predicted octanol–water partition coefficient (Wildman–Crippen LogP) is 4.05. The van der Waals surface area contributed by atoms with Crippen molar-refractivity contribution >= 4 is 15.9 Å². The molecule has 2 heterocycles. The van der Waals surface area contributed by atoms with Crippen molar-refractivity contribution in [2.75, 3.05) is 13.2 Å². The van der Waals surface area contributed by atoms with Crippen molar-refractivity contribution in [2.45, 2.75) is 37.5 Å². The molecule has 116 valence electrons. The third kappa shape index (κ3) is 2.40. The molecule has 2 fully saturated rings. The quantitative estimate of drug-likeness (QED) is 0.826. The number of rotatable bonds is 3. The van der Waals surface area contributed by atoms with Crippen LogP contribution in [0.5, 0.6) is 0 Å². The lowest BCUT2D eigenvalue weighted by Crippen LogP contribution is -2.35. The molecule has 0 amide bonds. The van der Waals surface area contributed by atoms with Gasteiger partial charge < -0.3 is 9.15 Å². The molecule has 2 unspecified atom stereocenters. The van der Waals surface area contributed by atoms with Crippen LogP contribution < -0.4 is 0 Å². The molecule has 1 aliphatic heterocycles. The SMILES string of the molecule is CC1CC1c1nnc(C2(c3ccc(Br)cc3)CCOCC2)o1. The van der Waals surface area contributed by atoms with Crippen LogP contribution >= 0.6 is 15.9 Å². The molecule has 2 aliphatic rings. The molecule has 0 N–H and O–H groups in total. The van der Waals surface area contributed by atoms with E-state index in [4.69, 9.17) is 9.15 Å². The minimum absolute atomic E-state index is 0.206. The zero-order valence-electron chi connectivity index (χ0n) is 12.6. The number of halogens is 1. The molecule has 0 spiro atoms. The standard InChI is InChI=1S/C17H19BrN2O2/c1-11-10-14(11)15-19-20-16(22-15)17(6-8-21-9-7-17)12-2-4-13(18)5-3-12/h2-5,11,14H,6-10H2,1H3. The summed E-state index contributed by atoms with van der Waals surface area (Å²) in [6.07, 6.45) is 2.93. The lowest BCUT2D eigenvalue weighted by molar-refractivity contribution is 0.0540. The van der Waals surface area contributed by atoms with Crippen molar-refractivity contribution in [3.05, 3.63) is 46.1 Å². The highest BCUT2D eigenvalue weighted by Crippen LogP contribution is 2.48. The molecule has 4 nitrogen and oxygen atoms in total. The van der Waals surface area contributed by atoms with Gasteiger partial charge in [0.2, 0.25) is 11.8 Å². The summed E-state index contributed by atoms with van der Waals surface area (Å²) < 4.78 is 12.8. The molecule has 0 radical (unpaired) electrons. The highest BCUT2D eigenvalue weighted by molar-refractivity contribution is 9.10. The lowest BCUT2D eigenvalue weighted by Gasteiger charge is -2.34. The van der Waals surface area contributed by atoms with E-state index < -0.39 is 0 Å². The Hall–Kier alpha value is -1.20. The molecule has 1 aromatic heterocycles. The maximum Gasteiger partial charge on any atom is 0.227 e. The summed E-state index contributed by atoms with van der Waals surface area (Å²) >= 11 is 3.51. The van der Waals surface area contributed by atoms with E-state index in [1.807, 2.05) is 0 Å². The summed E-state index contributed by atoms with van der Waals surface area (Å²) in [5.41, 5.74) is 1.03. The molecule has 2 atom stereocenters. The second-order valence-electron chi connectivity index (χ2n) is 6.47. The van der Waals surface area contributed by atoms with Crippen molar-refractivity contribution in [1.29, 1.82) is 0 Å². The second-order valence-corrected chi connectivity index (χ2v) is 7.38. The van der Waals surface area contributed by atoms with Crippen molar-refractivity contribution in [1.82, 2.24) is 10.2 Å². The molecule has 2 aromatic rings. The number of ether oxygens (including phenoxy) is 1. The fourth-order valence-corrected chi connectivity index (χ4v) is 3.62. The van der Waals surface area contributed by atoms with Crippen LogP contribution in [-0.4, -0.2) is 23.4 Å². The zero-order chi connectivity index (χ0) is 15.2. The van der Waals surface area contributed by atoms with Gasteiger partial charge in [0.1, 0.15) is 0 Å². The molecule has 1 aliphatic carbocycles. The maximum absolute atomic E-state index is 6.12. The maximum atomic E-state index is 6.12. The number of nitrogens with zero attached hydrogens (tertiary/aromatic N) is 2. The van der Waals surface area contributed by atoms with Crippen LogP contribution in [-0.2, 0) is 10.2 Å². The van der Waals surface area contributed by atoms with Crippen LogP contribution in [0.15, 0.2) is 33.2 Å². The second kappa shape index (κ2) is 5.46. The average Bonchev–Trinajstić information content (AvgIpc) is 3.08. The van der Waals surface area contributed by atoms with Crippen molar-refractivity contribution < 1.29 is 9.15 Å².